The van der Waals surface area contributed by atoms with E-state index in [1.165, 1.54) is 11.3 Å². The molecule has 4 aromatic rings. The molecule has 1 aromatic carbocycles. The predicted octanol–water partition coefficient (Wildman–Crippen LogP) is 3.12. The Morgan fingerprint density at radius 3 is 2.86 bits per heavy atom. The van der Waals surface area contributed by atoms with Gasteiger partial charge in [-0.3, -0.25) is 4.68 Å². The first-order valence-electron chi connectivity index (χ1n) is 9.76. The maximum absolute atomic E-state index is 5.99. The fourth-order valence-electron chi connectivity index (χ4n) is 3.97. The van der Waals surface area contributed by atoms with Crippen molar-refractivity contribution in [1.29, 1.82) is 0 Å². The first-order chi connectivity index (χ1) is 14.2. The molecule has 0 unspecified atom stereocenters. The number of rotatable bonds is 4. The largest absolute Gasteiger partial charge is 0.383 e. The quantitative estimate of drug-likeness (QED) is 0.561. The van der Waals surface area contributed by atoms with Gasteiger partial charge in [0.25, 0.3) is 0 Å². The maximum atomic E-state index is 5.99. The summed E-state index contributed by atoms with van der Waals surface area (Å²) in [6.45, 7) is 2.52. The van der Waals surface area contributed by atoms with Crippen LogP contribution in [0.5, 0.6) is 0 Å². The summed E-state index contributed by atoms with van der Waals surface area (Å²) in [5.74, 6) is 1.56. The van der Waals surface area contributed by atoms with Crippen molar-refractivity contribution in [2.75, 3.05) is 22.5 Å². The van der Waals surface area contributed by atoms with Gasteiger partial charge in [-0.05, 0) is 23.8 Å². The van der Waals surface area contributed by atoms with Gasteiger partial charge in [-0.1, -0.05) is 18.2 Å². The number of fused-ring (bicyclic) bond motifs is 2. The molecule has 1 aliphatic heterocycles. The third kappa shape index (κ3) is 3.24. The average molecular weight is 385 g/mol. The lowest BCUT2D eigenvalue weighted by atomic mass is 10.1. The van der Waals surface area contributed by atoms with Gasteiger partial charge in [0.2, 0.25) is 0 Å². The first kappa shape index (κ1) is 17.5. The van der Waals surface area contributed by atoms with E-state index in [1.807, 2.05) is 42.3 Å². The molecule has 0 atom stereocenters. The second-order valence-electron chi connectivity index (χ2n) is 7.39. The summed E-state index contributed by atoms with van der Waals surface area (Å²) < 4.78 is 1.98. The molecule has 0 spiro atoms. The number of hydrogen-bond donors (Lipinski definition) is 2. The van der Waals surface area contributed by atoms with E-state index in [0.29, 0.717) is 12.4 Å². The molecule has 7 heteroatoms. The smallest absolute Gasteiger partial charge is 0.131 e. The van der Waals surface area contributed by atoms with Gasteiger partial charge < -0.3 is 16.0 Å². The lowest BCUT2D eigenvalue weighted by Gasteiger charge is -2.28. The van der Waals surface area contributed by atoms with E-state index in [9.17, 15) is 0 Å². The molecule has 5 rings (SSSR count). The van der Waals surface area contributed by atoms with Crippen molar-refractivity contribution in [3.8, 4) is 0 Å². The number of benzene rings is 1. The van der Waals surface area contributed by atoms with Crippen molar-refractivity contribution in [2.24, 2.45) is 7.05 Å². The Labute approximate surface area is 169 Å². The second kappa shape index (κ2) is 7.09. The third-order valence-corrected chi connectivity index (χ3v) is 5.58. The van der Waals surface area contributed by atoms with Crippen LogP contribution in [0.15, 0.2) is 55.0 Å². The van der Waals surface area contributed by atoms with Gasteiger partial charge in [0.1, 0.15) is 11.6 Å². The van der Waals surface area contributed by atoms with Crippen molar-refractivity contribution in [3.63, 3.8) is 0 Å². The number of nitrogen functional groups attached to an aromatic ring is 1. The van der Waals surface area contributed by atoms with Crippen molar-refractivity contribution in [1.82, 2.24) is 19.7 Å². The summed E-state index contributed by atoms with van der Waals surface area (Å²) in [7, 11) is 2.01. The zero-order valence-electron chi connectivity index (χ0n) is 16.3. The number of nitrogens with one attached hydrogen (secondary N) is 1. The van der Waals surface area contributed by atoms with E-state index >= 15 is 0 Å². The van der Waals surface area contributed by atoms with Gasteiger partial charge in [0.15, 0.2) is 0 Å². The molecule has 0 radical (unpaired) electrons. The molecule has 0 amide bonds. The number of aryl methyl sites for hydroxylation is 1. The highest BCUT2D eigenvalue weighted by Gasteiger charge is 2.20. The van der Waals surface area contributed by atoms with Gasteiger partial charge in [0.05, 0.1) is 6.20 Å². The molecule has 0 fully saturated rings. The molecular weight excluding hydrogens is 362 g/mol. The predicted molar refractivity (Wildman–Crippen MR) is 116 cm³/mol. The summed E-state index contributed by atoms with van der Waals surface area (Å²) in [5, 5.41) is 9.91. The molecule has 29 heavy (non-hydrogen) atoms. The Morgan fingerprint density at radius 1 is 1.07 bits per heavy atom. The van der Waals surface area contributed by atoms with E-state index in [-0.39, 0.29) is 0 Å². The fraction of sp³-hybridized carbons (Fsp3) is 0.227. The summed E-state index contributed by atoms with van der Waals surface area (Å²) in [6, 6.07) is 12.3. The van der Waals surface area contributed by atoms with Crippen LogP contribution < -0.4 is 16.0 Å². The van der Waals surface area contributed by atoms with Crippen LogP contribution in [0.1, 0.15) is 16.8 Å². The van der Waals surface area contributed by atoms with Gasteiger partial charge in [0, 0.05) is 73.2 Å². The summed E-state index contributed by atoms with van der Waals surface area (Å²) in [4.78, 5) is 11.2. The number of anilines is 3. The lowest BCUT2D eigenvalue weighted by Crippen LogP contribution is -2.31. The van der Waals surface area contributed by atoms with E-state index in [0.717, 1.165) is 47.4 Å². The molecule has 3 N–H and O–H groups in total. The van der Waals surface area contributed by atoms with E-state index in [2.05, 4.69) is 38.5 Å². The Bertz CT molecular complexity index is 1160. The van der Waals surface area contributed by atoms with Gasteiger partial charge in [-0.2, -0.15) is 5.10 Å². The Balaban J connectivity index is 1.29. The molecule has 3 aromatic heterocycles. The Morgan fingerprint density at radius 2 is 2.00 bits per heavy atom. The molecule has 7 nitrogen and oxygen atoms in total. The molecular formula is C22H23N7. The van der Waals surface area contributed by atoms with E-state index < -0.39 is 0 Å². The van der Waals surface area contributed by atoms with Crippen LogP contribution in [0, 0.1) is 0 Å². The Hall–Kier alpha value is -3.61. The zero-order chi connectivity index (χ0) is 19.8. The number of hydrogen-bond acceptors (Lipinski definition) is 6. The number of aromatic nitrogens is 4. The SMILES string of the molecule is Cn1ncc2c1CCN(c1ccc(CNc3cccc4c(N)nccc34)cn1)C2. The monoisotopic (exact) mass is 385 g/mol. The molecule has 0 aliphatic carbocycles. The summed E-state index contributed by atoms with van der Waals surface area (Å²) in [5.41, 5.74) is 10.8. The zero-order valence-corrected chi connectivity index (χ0v) is 16.3. The average Bonchev–Trinajstić information content (AvgIpc) is 3.13. The topological polar surface area (TPSA) is 84.9 Å². The van der Waals surface area contributed by atoms with Gasteiger partial charge in [-0.25, -0.2) is 9.97 Å². The molecule has 1 aliphatic rings. The van der Waals surface area contributed by atoms with Gasteiger partial charge in [-0.15, -0.1) is 0 Å². The second-order valence-corrected chi connectivity index (χ2v) is 7.39. The highest BCUT2D eigenvalue weighted by atomic mass is 15.3. The summed E-state index contributed by atoms with van der Waals surface area (Å²) in [6.07, 6.45) is 6.65. The van der Waals surface area contributed by atoms with Crippen molar-refractivity contribution >= 4 is 28.1 Å². The lowest BCUT2D eigenvalue weighted by molar-refractivity contribution is 0.652. The molecule has 0 bridgehead atoms. The summed E-state index contributed by atoms with van der Waals surface area (Å²) >= 11 is 0. The van der Waals surface area contributed by atoms with Crippen LogP contribution in [0.2, 0.25) is 0 Å². The normalized spacial score (nSPS) is 13.5. The van der Waals surface area contributed by atoms with Crippen LogP contribution in [-0.2, 0) is 26.6 Å². The van der Waals surface area contributed by atoms with Crippen LogP contribution >= 0.6 is 0 Å². The highest BCUT2D eigenvalue weighted by Crippen LogP contribution is 2.27. The molecule has 146 valence electrons. The number of nitrogens with zero attached hydrogens (tertiary/aromatic N) is 5. The standard InChI is InChI=1S/C22H23N7/c1-28-20-8-10-29(14-16(20)13-27-28)21-6-5-15(12-26-21)11-25-19-4-2-3-18-17(19)7-9-24-22(18)23/h2-7,9,12-13,25H,8,10-11,14H2,1H3,(H2,23,24). The van der Waals surface area contributed by atoms with Crippen LogP contribution in [0.25, 0.3) is 10.8 Å². The fourth-order valence-corrected chi connectivity index (χ4v) is 3.97. The van der Waals surface area contributed by atoms with Gasteiger partial charge >= 0.3 is 0 Å². The first-order valence-corrected chi connectivity index (χ1v) is 9.76. The van der Waals surface area contributed by atoms with Crippen LogP contribution in [-0.4, -0.2) is 26.3 Å². The minimum atomic E-state index is 0.551. The van der Waals surface area contributed by atoms with Crippen molar-refractivity contribution < 1.29 is 0 Å². The molecule has 4 heterocycles. The maximum Gasteiger partial charge on any atom is 0.131 e. The van der Waals surface area contributed by atoms with Crippen LogP contribution in [0.3, 0.4) is 0 Å². The van der Waals surface area contributed by atoms with Crippen molar-refractivity contribution in [3.05, 3.63) is 71.8 Å². The minimum Gasteiger partial charge on any atom is -0.383 e. The highest BCUT2D eigenvalue weighted by molar-refractivity contribution is 5.99. The number of nitrogens with two attached hydrogens (primary N) is 1. The van der Waals surface area contributed by atoms with Crippen molar-refractivity contribution in [2.45, 2.75) is 19.5 Å². The molecule has 0 saturated carbocycles. The van der Waals surface area contributed by atoms with E-state index in [1.54, 1.807) is 6.20 Å². The third-order valence-electron chi connectivity index (χ3n) is 5.58. The van der Waals surface area contributed by atoms with E-state index in [4.69, 9.17) is 10.7 Å². The van der Waals surface area contributed by atoms with Crippen LogP contribution in [0.4, 0.5) is 17.3 Å². The minimum absolute atomic E-state index is 0.551. The molecule has 0 saturated heterocycles. The number of pyridine rings is 2. The Kier molecular flexibility index (Phi) is 4.27.